The van der Waals surface area contributed by atoms with E-state index in [1.807, 2.05) is 18.2 Å². The first kappa shape index (κ1) is 18.4. The maximum atomic E-state index is 11.9. The summed E-state index contributed by atoms with van der Waals surface area (Å²) < 4.78 is 11.2. The van der Waals surface area contributed by atoms with Gasteiger partial charge >= 0.3 is 5.97 Å². The highest BCUT2D eigenvalue weighted by molar-refractivity contribution is 6.00. The molecule has 2 aromatic rings. The van der Waals surface area contributed by atoms with Crippen molar-refractivity contribution in [1.82, 2.24) is 0 Å². The normalized spacial score (nSPS) is 21.5. The first-order valence-corrected chi connectivity index (χ1v) is 9.16. The highest BCUT2D eigenvalue weighted by atomic mass is 16.6. The molecule has 0 bridgehead atoms. The van der Waals surface area contributed by atoms with Crippen LogP contribution in [0.3, 0.4) is 0 Å². The van der Waals surface area contributed by atoms with Crippen molar-refractivity contribution in [1.29, 1.82) is 0 Å². The van der Waals surface area contributed by atoms with E-state index < -0.39 is 23.4 Å². The third kappa shape index (κ3) is 3.31. The minimum atomic E-state index is -0.944. The van der Waals surface area contributed by atoms with E-state index >= 15 is 0 Å². The number of cyclic esters (lactones) is 1. The van der Waals surface area contributed by atoms with E-state index in [9.17, 15) is 20.1 Å². The predicted octanol–water partition coefficient (Wildman–Crippen LogP) is 2.90. The van der Waals surface area contributed by atoms with Crippen LogP contribution in [0.2, 0.25) is 0 Å². The molecule has 2 aliphatic rings. The van der Waals surface area contributed by atoms with E-state index in [-0.39, 0.29) is 11.9 Å². The topological polar surface area (TPSA) is 96.2 Å². The van der Waals surface area contributed by atoms with Gasteiger partial charge in [0.15, 0.2) is 0 Å². The Balaban J connectivity index is 1.58. The molecule has 0 aliphatic carbocycles. The lowest BCUT2D eigenvalue weighted by Crippen LogP contribution is -2.39. The summed E-state index contributed by atoms with van der Waals surface area (Å²) in [4.78, 5) is 11.9. The van der Waals surface area contributed by atoms with Gasteiger partial charge in [-0.05, 0) is 48.7 Å². The molecule has 0 aromatic heterocycles. The Bertz CT molecular complexity index is 952. The molecule has 0 amide bonds. The van der Waals surface area contributed by atoms with Crippen molar-refractivity contribution in [2.24, 2.45) is 0 Å². The number of aliphatic hydroxyl groups is 2. The van der Waals surface area contributed by atoms with Crippen molar-refractivity contribution in [3.63, 3.8) is 0 Å². The molecule has 2 atom stereocenters. The minimum absolute atomic E-state index is 0.102. The number of phenolic OH excluding ortho intramolecular Hbond substituents is 1. The summed E-state index contributed by atoms with van der Waals surface area (Å²) in [5.74, 6) is -0.302. The summed E-state index contributed by atoms with van der Waals surface area (Å²) in [6, 6.07) is 12.0. The van der Waals surface area contributed by atoms with Gasteiger partial charge in [0.05, 0.1) is 5.60 Å². The third-order valence-corrected chi connectivity index (χ3v) is 5.21. The monoisotopic (exact) mass is 382 g/mol. The second-order valence-electron chi connectivity index (χ2n) is 7.81. The fourth-order valence-corrected chi connectivity index (χ4v) is 3.65. The maximum Gasteiger partial charge on any atom is 0.374 e. The first-order valence-electron chi connectivity index (χ1n) is 9.16. The van der Waals surface area contributed by atoms with Crippen LogP contribution in [0.25, 0.3) is 5.57 Å². The number of esters is 1. The highest BCUT2D eigenvalue weighted by Gasteiger charge is 2.37. The van der Waals surface area contributed by atoms with Crippen LogP contribution in [0.5, 0.6) is 11.5 Å². The number of carbonyl (C=O) groups excluding carboxylic acids is 1. The molecule has 0 saturated carbocycles. The molecule has 0 radical (unpaired) electrons. The van der Waals surface area contributed by atoms with Gasteiger partial charge in [-0.2, -0.15) is 0 Å². The molecule has 0 fully saturated rings. The van der Waals surface area contributed by atoms with Gasteiger partial charge in [-0.15, -0.1) is 0 Å². The molecule has 146 valence electrons. The molecule has 6 nitrogen and oxygen atoms in total. The highest BCUT2D eigenvalue weighted by Crippen LogP contribution is 2.36. The number of rotatable bonds is 4. The van der Waals surface area contributed by atoms with Gasteiger partial charge in [-0.1, -0.05) is 24.3 Å². The zero-order valence-corrected chi connectivity index (χ0v) is 15.7. The standard InChI is InChI=1S/C22H22O6/c1-22(2,26)18-11-14-9-12(3-8-16(14)27-18)10-17-19(20(24)21(25)28-17)13-4-6-15(23)7-5-13/h3-9,17-18,23-24,26H,10-11H2,1-2H3. The predicted molar refractivity (Wildman–Crippen MR) is 102 cm³/mol. The number of aromatic hydroxyl groups is 1. The van der Waals surface area contributed by atoms with Crippen molar-refractivity contribution in [3.05, 3.63) is 64.9 Å². The molecule has 2 heterocycles. The second-order valence-corrected chi connectivity index (χ2v) is 7.81. The van der Waals surface area contributed by atoms with E-state index in [4.69, 9.17) is 9.47 Å². The molecule has 2 aromatic carbocycles. The van der Waals surface area contributed by atoms with Gasteiger partial charge in [0.25, 0.3) is 0 Å². The van der Waals surface area contributed by atoms with E-state index in [2.05, 4.69) is 0 Å². The van der Waals surface area contributed by atoms with Gasteiger partial charge in [0, 0.05) is 18.4 Å². The third-order valence-electron chi connectivity index (χ3n) is 5.21. The molecule has 4 rings (SSSR count). The lowest BCUT2D eigenvalue weighted by atomic mass is 9.93. The van der Waals surface area contributed by atoms with Gasteiger partial charge in [-0.25, -0.2) is 4.79 Å². The quantitative estimate of drug-likeness (QED) is 0.704. The Morgan fingerprint density at radius 1 is 1.07 bits per heavy atom. The SMILES string of the molecule is CC(C)(O)C1Cc2cc(CC3OC(=O)C(O)=C3c3ccc(O)cc3)ccc2O1. The number of benzene rings is 2. The lowest BCUT2D eigenvalue weighted by Gasteiger charge is -2.24. The number of ether oxygens (including phenoxy) is 2. The number of carbonyl (C=O) groups is 1. The van der Waals surface area contributed by atoms with Gasteiger partial charge in [0.1, 0.15) is 23.7 Å². The molecule has 28 heavy (non-hydrogen) atoms. The van der Waals surface area contributed by atoms with Gasteiger partial charge in [0.2, 0.25) is 5.76 Å². The van der Waals surface area contributed by atoms with Gasteiger partial charge in [-0.3, -0.25) is 0 Å². The number of hydrogen-bond acceptors (Lipinski definition) is 6. The molecular weight excluding hydrogens is 360 g/mol. The van der Waals surface area contributed by atoms with Crippen LogP contribution in [0.15, 0.2) is 48.2 Å². The Kier molecular flexibility index (Phi) is 4.31. The summed E-state index contributed by atoms with van der Waals surface area (Å²) in [6.07, 6.45) is 0.0660. The Morgan fingerprint density at radius 3 is 2.46 bits per heavy atom. The van der Waals surface area contributed by atoms with Crippen LogP contribution in [0.1, 0.15) is 30.5 Å². The van der Waals surface area contributed by atoms with Crippen LogP contribution in [-0.4, -0.2) is 39.1 Å². The van der Waals surface area contributed by atoms with Crippen molar-refractivity contribution in [2.45, 2.75) is 44.5 Å². The van der Waals surface area contributed by atoms with E-state index in [1.165, 1.54) is 12.1 Å². The fraction of sp³-hybridized carbons (Fsp3) is 0.318. The lowest BCUT2D eigenvalue weighted by molar-refractivity contribution is -0.141. The van der Waals surface area contributed by atoms with Crippen LogP contribution in [0.4, 0.5) is 0 Å². The Labute approximate surface area is 162 Å². The summed E-state index contributed by atoms with van der Waals surface area (Å²) in [7, 11) is 0. The van der Waals surface area contributed by atoms with Crippen LogP contribution in [-0.2, 0) is 22.4 Å². The van der Waals surface area contributed by atoms with E-state index in [0.29, 0.717) is 24.0 Å². The van der Waals surface area contributed by atoms with E-state index in [0.717, 1.165) is 16.9 Å². The maximum absolute atomic E-state index is 11.9. The zero-order valence-electron chi connectivity index (χ0n) is 15.7. The average molecular weight is 382 g/mol. The molecule has 0 saturated heterocycles. The largest absolute Gasteiger partial charge is 0.508 e. The second kappa shape index (κ2) is 6.56. The first-order chi connectivity index (χ1) is 13.2. The Morgan fingerprint density at radius 2 is 1.79 bits per heavy atom. The number of fused-ring (bicyclic) bond motifs is 1. The minimum Gasteiger partial charge on any atom is -0.508 e. The smallest absolute Gasteiger partial charge is 0.374 e. The molecule has 3 N–H and O–H groups in total. The van der Waals surface area contributed by atoms with Gasteiger partial charge < -0.3 is 24.8 Å². The molecule has 6 heteroatoms. The Hall–Kier alpha value is -2.99. The number of phenols is 1. The summed E-state index contributed by atoms with van der Waals surface area (Å²) in [5.41, 5.74) is 2.02. The van der Waals surface area contributed by atoms with Crippen LogP contribution >= 0.6 is 0 Å². The molecular formula is C22H22O6. The van der Waals surface area contributed by atoms with Crippen LogP contribution < -0.4 is 4.74 Å². The van der Waals surface area contributed by atoms with Crippen LogP contribution in [0, 0.1) is 0 Å². The molecule has 0 spiro atoms. The molecule has 2 unspecified atom stereocenters. The summed E-state index contributed by atoms with van der Waals surface area (Å²) >= 11 is 0. The van der Waals surface area contributed by atoms with Crippen molar-refractivity contribution >= 4 is 11.5 Å². The average Bonchev–Trinajstić information content (AvgIpc) is 3.17. The number of aliphatic hydroxyl groups excluding tert-OH is 1. The van der Waals surface area contributed by atoms with E-state index in [1.54, 1.807) is 26.0 Å². The van der Waals surface area contributed by atoms with Crippen molar-refractivity contribution < 1.29 is 29.6 Å². The van der Waals surface area contributed by atoms with Crippen molar-refractivity contribution in [3.8, 4) is 11.5 Å². The van der Waals surface area contributed by atoms with Crippen molar-refractivity contribution in [2.75, 3.05) is 0 Å². The molecule has 2 aliphatic heterocycles. The summed E-state index contributed by atoms with van der Waals surface area (Å²) in [6.45, 7) is 3.44. The zero-order chi connectivity index (χ0) is 20.1. The summed E-state index contributed by atoms with van der Waals surface area (Å²) in [5, 5.41) is 29.9. The number of hydrogen-bond donors (Lipinski definition) is 3. The fourth-order valence-electron chi connectivity index (χ4n) is 3.65.